The van der Waals surface area contributed by atoms with Crippen LogP contribution in [0.3, 0.4) is 0 Å². The first-order valence-electron chi connectivity index (χ1n) is 10.4. The minimum atomic E-state index is -4.14. The lowest BCUT2D eigenvalue weighted by atomic mass is 10.2. The van der Waals surface area contributed by atoms with Crippen LogP contribution in [0.2, 0.25) is 5.02 Å². The number of ether oxygens (including phenoxy) is 1. The number of carbonyl (C=O) groups excluding carboxylic acids is 1. The summed E-state index contributed by atoms with van der Waals surface area (Å²) in [5.74, 6) is -0.619. The number of sulfonamides is 1. The fourth-order valence-electron chi connectivity index (χ4n) is 2.98. The van der Waals surface area contributed by atoms with E-state index in [1.54, 1.807) is 36.4 Å². The third-order valence-corrected chi connectivity index (χ3v) is 6.78. The highest BCUT2D eigenvalue weighted by molar-refractivity contribution is 7.89. The minimum Gasteiger partial charge on any atom is -0.490 e. The van der Waals surface area contributed by atoms with Gasteiger partial charge in [-0.05, 0) is 60.2 Å². The number of rotatable bonds is 11. The number of nitrogens with zero attached hydrogens (tertiary/aromatic N) is 2. The van der Waals surface area contributed by atoms with Gasteiger partial charge in [0, 0.05) is 17.1 Å². The molecule has 0 aliphatic rings. The average Bonchev–Trinajstić information content (AvgIpc) is 2.84. The predicted molar refractivity (Wildman–Crippen MR) is 133 cm³/mol. The van der Waals surface area contributed by atoms with Gasteiger partial charge in [-0.3, -0.25) is 4.79 Å². The Kier molecular flexibility index (Phi) is 9.13. The van der Waals surface area contributed by atoms with Crippen LogP contribution in [-0.2, 0) is 21.4 Å². The van der Waals surface area contributed by atoms with Gasteiger partial charge >= 0.3 is 0 Å². The summed E-state index contributed by atoms with van der Waals surface area (Å²) in [6, 6.07) is 18.2. The molecule has 0 aromatic heterocycles. The van der Waals surface area contributed by atoms with E-state index in [1.165, 1.54) is 48.7 Å². The topological polar surface area (TPSA) is 88.1 Å². The van der Waals surface area contributed by atoms with E-state index in [0.717, 1.165) is 4.31 Å². The molecule has 7 nitrogen and oxygen atoms in total. The average molecular weight is 516 g/mol. The Balaban J connectivity index is 1.73. The Labute approximate surface area is 208 Å². The fourth-order valence-corrected chi connectivity index (χ4v) is 4.48. The number of carbonyl (C=O) groups is 1. The summed E-state index contributed by atoms with van der Waals surface area (Å²) >= 11 is 5.87. The molecule has 0 aliphatic heterocycles. The maximum Gasteiger partial charge on any atom is 0.255 e. The molecule has 10 heteroatoms. The second-order valence-corrected chi connectivity index (χ2v) is 9.65. The SMILES string of the molecule is C=CCOc1ccc(/C=N\NC(=O)CN(Cc2ccccc2F)S(=O)(=O)c2ccc(Cl)cc2)cc1. The normalized spacial score (nSPS) is 11.5. The Morgan fingerprint density at radius 3 is 2.43 bits per heavy atom. The fraction of sp³-hybridized carbons (Fsp3) is 0.120. The third kappa shape index (κ3) is 7.48. The van der Waals surface area contributed by atoms with Gasteiger partial charge in [-0.15, -0.1) is 0 Å². The molecule has 0 heterocycles. The second kappa shape index (κ2) is 12.3. The van der Waals surface area contributed by atoms with E-state index >= 15 is 0 Å². The first-order chi connectivity index (χ1) is 16.8. The number of nitrogens with one attached hydrogen (secondary N) is 1. The molecule has 182 valence electrons. The Morgan fingerprint density at radius 2 is 1.77 bits per heavy atom. The maximum absolute atomic E-state index is 14.2. The van der Waals surface area contributed by atoms with Crippen LogP contribution in [0.5, 0.6) is 5.75 Å². The van der Waals surface area contributed by atoms with Crippen molar-refractivity contribution in [1.82, 2.24) is 9.73 Å². The third-order valence-electron chi connectivity index (χ3n) is 4.73. The first kappa shape index (κ1) is 26.1. The van der Waals surface area contributed by atoms with Crippen LogP contribution < -0.4 is 10.2 Å². The van der Waals surface area contributed by atoms with Gasteiger partial charge in [-0.25, -0.2) is 18.2 Å². The van der Waals surface area contributed by atoms with E-state index in [1.807, 2.05) is 0 Å². The molecule has 0 radical (unpaired) electrons. The summed E-state index contributed by atoms with van der Waals surface area (Å²) in [7, 11) is -4.14. The number of halogens is 2. The van der Waals surface area contributed by atoms with Crippen molar-refractivity contribution in [3.05, 3.63) is 107 Å². The summed E-state index contributed by atoms with van der Waals surface area (Å²) < 4.78 is 47.0. The van der Waals surface area contributed by atoms with E-state index in [9.17, 15) is 17.6 Å². The van der Waals surface area contributed by atoms with Crippen molar-refractivity contribution >= 4 is 33.7 Å². The molecule has 0 saturated carbocycles. The Hall–Kier alpha value is -3.53. The number of benzene rings is 3. The summed E-state index contributed by atoms with van der Waals surface area (Å²) in [5.41, 5.74) is 3.12. The standard InChI is InChI=1S/C25H23ClFN3O4S/c1-2-15-34-22-11-7-19(8-12-22)16-28-29-25(31)18-30(17-20-5-3-4-6-24(20)27)35(32,33)23-13-9-21(26)10-14-23/h2-14,16H,1,15,17-18H2,(H,29,31)/b28-16-. The van der Waals surface area contributed by atoms with Gasteiger partial charge in [0.1, 0.15) is 18.2 Å². The van der Waals surface area contributed by atoms with Crippen molar-refractivity contribution in [3.8, 4) is 5.75 Å². The van der Waals surface area contributed by atoms with Gasteiger partial charge in [-0.1, -0.05) is 42.5 Å². The summed E-state index contributed by atoms with van der Waals surface area (Å²) in [6.45, 7) is 3.04. The van der Waals surface area contributed by atoms with Gasteiger partial charge in [-0.2, -0.15) is 9.41 Å². The molecule has 35 heavy (non-hydrogen) atoms. The van der Waals surface area contributed by atoms with Crippen molar-refractivity contribution in [2.45, 2.75) is 11.4 Å². The zero-order valence-corrected chi connectivity index (χ0v) is 20.2. The summed E-state index contributed by atoms with van der Waals surface area (Å²) in [5, 5.41) is 4.24. The van der Waals surface area contributed by atoms with Crippen LogP contribution in [0.1, 0.15) is 11.1 Å². The minimum absolute atomic E-state index is 0.0756. The smallest absolute Gasteiger partial charge is 0.255 e. The van der Waals surface area contributed by atoms with Crippen LogP contribution in [0.15, 0.2) is 95.4 Å². The van der Waals surface area contributed by atoms with E-state index in [0.29, 0.717) is 22.9 Å². The summed E-state index contributed by atoms with van der Waals surface area (Å²) in [6.07, 6.45) is 3.04. The van der Waals surface area contributed by atoms with Crippen LogP contribution >= 0.6 is 11.6 Å². The second-order valence-electron chi connectivity index (χ2n) is 7.28. The molecule has 3 aromatic rings. The molecule has 0 spiro atoms. The van der Waals surface area contributed by atoms with E-state index in [2.05, 4.69) is 17.1 Å². The lowest BCUT2D eigenvalue weighted by Gasteiger charge is -2.21. The lowest BCUT2D eigenvalue weighted by Crippen LogP contribution is -2.39. The van der Waals surface area contributed by atoms with Crippen molar-refractivity contribution in [2.75, 3.05) is 13.2 Å². The molecule has 3 aromatic carbocycles. The molecule has 0 saturated heterocycles. The Bertz CT molecular complexity index is 1300. The van der Waals surface area contributed by atoms with Crippen LogP contribution in [0.25, 0.3) is 0 Å². The van der Waals surface area contributed by atoms with E-state index in [4.69, 9.17) is 16.3 Å². The molecule has 0 aliphatic carbocycles. The molecule has 0 unspecified atom stereocenters. The first-order valence-corrected chi connectivity index (χ1v) is 12.3. The summed E-state index contributed by atoms with van der Waals surface area (Å²) in [4.78, 5) is 12.5. The monoisotopic (exact) mass is 515 g/mol. The van der Waals surface area contributed by atoms with Crippen LogP contribution in [-0.4, -0.2) is 38.0 Å². The predicted octanol–water partition coefficient (Wildman–Crippen LogP) is 4.39. The number of amides is 1. The van der Waals surface area contributed by atoms with Crippen molar-refractivity contribution in [3.63, 3.8) is 0 Å². The number of hydrogen-bond donors (Lipinski definition) is 1. The van der Waals surface area contributed by atoms with Gasteiger partial charge in [0.2, 0.25) is 10.0 Å². The molecule has 1 N–H and O–H groups in total. The molecule has 1 amide bonds. The highest BCUT2D eigenvalue weighted by atomic mass is 35.5. The van der Waals surface area contributed by atoms with Gasteiger partial charge < -0.3 is 4.74 Å². The molecular weight excluding hydrogens is 493 g/mol. The molecular formula is C25H23ClFN3O4S. The van der Waals surface area contributed by atoms with E-state index in [-0.39, 0.29) is 17.0 Å². The van der Waals surface area contributed by atoms with Crippen LogP contribution in [0, 0.1) is 5.82 Å². The van der Waals surface area contributed by atoms with Gasteiger partial charge in [0.25, 0.3) is 5.91 Å². The number of hydrogen-bond acceptors (Lipinski definition) is 5. The number of hydrazone groups is 1. The van der Waals surface area contributed by atoms with Crippen LogP contribution in [0.4, 0.5) is 4.39 Å². The highest BCUT2D eigenvalue weighted by Gasteiger charge is 2.27. The van der Waals surface area contributed by atoms with Crippen molar-refractivity contribution in [2.24, 2.45) is 5.10 Å². The highest BCUT2D eigenvalue weighted by Crippen LogP contribution is 2.21. The van der Waals surface area contributed by atoms with Gasteiger partial charge in [0.15, 0.2) is 0 Å². The largest absolute Gasteiger partial charge is 0.490 e. The Morgan fingerprint density at radius 1 is 1.09 bits per heavy atom. The van der Waals surface area contributed by atoms with E-state index < -0.39 is 28.3 Å². The van der Waals surface area contributed by atoms with Gasteiger partial charge in [0.05, 0.1) is 17.7 Å². The van der Waals surface area contributed by atoms with Crippen molar-refractivity contribution in [1.29, 1.82) is 0 Å². The van der Waals surface area contributed by atoms with Crippen molar-refractivity contribution < 1.29 is 22.3 Å². The molecule has 3 rings (SSSR count). The zero-order chi connectivity index (χ0) is 25.3. The maximum atomic E-state index is 14.2. The lowest BCUT2D eigenvalue weighted by molar-refractivity contribution is -0.121. The molecule has 0 bridgehead atoms. The zero-order valence-electron chi connectivity index (χ0n) is 18.6. The molecule has 0 atom stereocenters. The quantitative estimate of drug-likeness (QED) is 0.233. The molecule has 0 fully saturated rings.